The molecule has 1 rings (SSSR count). The molecular weight excluding hydrogens is 226 g/mol. The Morgan fingerprint density at radius 2 is 2.19 bits per heavy atom. The van der Waals surface area contributed by atoms with E-state index in [1.807, 2.05) is 13.8 Å². The molecule has 5 heteroatoms. The second-order valence-corrected chi connectivity index (χ2v) is 7.17. The van der Waals surface area contributed by atoms with Gasteiger partial charge in [-0.2, -0.15) is 0 Å². The van der Waals surface area contributed by atoms with E-state index in [9.17, 15) is 8.42 Å². The Labute approximate surface area is 98.7 Å². The molecule has 0 bridgehead atoms. The fraction of sp³-hybridized carbons (Fsp3) is 1.00. The second-order valence-electron chi connectivity index (χ2n) is 4.94. The first-order chi connectivity index (χ1) is 7.49. The normalized spacial score (nSPS) is 21.8. The minimum Gasteiger partial charge on any atom is -0.381 e. The number of hydrogen-bond acceptors (Lipinski definition) is 4. The van der Waals surface area contributed by atoms with E-state index >= 15 is 0 Å². The monoisotopic (exact) mass is 249 g/mol. The molecule has 0 aromatic heterocycles. The average Bonchev–Trinajstić information content (AvgIpc) is 2.62. The molecule has 0 saturated carbocycles. The highest BCUT2D eigenvalue weighted by Gasteiger charge is 2.16. The van der Waals surface area contributed by atoms with Crippen LogP contribution in [0.5, 0.6) is 0 Å². The fourth-order valence-electron chi connectivity index (χ4n) is 1.87. The van der Waals surface area contributed by atoms with Crippen molar-refractivity contribution in [2.75, 3.05) is 37.8 Å². The predicted molar refractivity (Wildman–Crippen MR) is 65.3 cm³/mol. The van der Waals surface area contributed by atoms with Gasteiger partial charge in [-0.15, -0.1) is 0 Å². The van der Waals surface area contributed by atoms with E-state index in [4.69, 9.17) is 4.74 Å². The molecule has 0 amide bonds. The van der Waals surface area contributed by atoms with Crippen molar-refractivity contribution >= 4 is 9.84 Å². The van der Waals surface area contributed by atoms with Gasteiger partial charge >= 0.3 is 0 Å². The lowest BCUT2D eigenvalue weighted by Crippen LogP contribution is -2.29. The first-order valence-electron chi connectivity index (χ1n) is 5.98. The summed E-state index contributed by atoms with van der Waals surface area (Å²) in [5.41, 5.74) is 0. The third kappa shape index (κ3) is 5.82. The van der Waals surface area contributed by atoms with Crippen molar-refractivity contribution in [2.24, 2.45) is 11.8 Å². The Balaban J connectivity index is 2.09. The molecule has 0 aromatic carbocycles. The molecular formula is C11H23NO3S. The molecule has 0 spiro atoms. The van der Waals surface area contributed by atoms with Crippen molar-refractivity contribution in [3.8, 4) is 0 Å². The van der Waals surface area contributed by atoms with Crippen molar-refractivity contribution in [2.45, 2.75) is 20.3 Å². The zero-order valence-corrected chi connectivity index (χ0v) is 11.1. The molecule has 16 heavy (non-hydrogen) atoms. The Kier molecular flexibility index (Phi) is 5.72. The van der Waals surface area contributed by atoms with Gasteiger partial charge in [0.25, 0.3) is 0 Å². The fourth-order valence-corrected chi connectivity index (χ4v) is 3.51. The van der Waals surface area contributed by atoms with Crippen LogP contribution < -0.4 is 5.32 Å². The van der Waals surface area contributed by atoms with Gasteiger partial charge in [-0.05, 0) is 18.3 Å². The van der Waals surface area contributed by atoms with Crippen molar-refractivity contribution < 1.29 is 13.2 Å². The maximum atomic E-state index is 11.6. The van der Waals surface area contributed by atoms with Gasteiger partial charge < -0.3 is 10.1 Å². The molecule has 0 aromatic rings. The van der Waals surface area contributed by atoms with Gasteiger partial charge in [0.15, 0.2) is 9.84 Å². The zero-order valence-electron chi connectivity index (χ0n) is 10.2. The zero-order chi connectivity index (χ0) is 12.0. The summed E-state index contributed by atoms with van der Waals surface area (Å²) in [6.07, 6.45) is 1.09. The molecule has 1 aliphatic heterocycles. The van der Waals surface area contributed by atoms with E-state index in [1.165, 1.54) is 0 Å². The molecule has 1 fully saturated rings. The van der Waals surface area contributed by atoms with Crippen LogP contribution in [0.25, 0.3) is 0 Å². The summed E-state index contributed by atoms with van der Waals surface area (Å²) < 4.78 is 28.4. The Morgan fingerprint density at radius 1 is 1.44 bits per heavy atom. The summed E-state index contributed by atoms with van der Waals surface area (Å²) in [6.45, 7) is 6.95. The molecule has 1 saturated heterocycles. The minimum atomic E-state index is -2.87. The number of sulfone groups is 1. The molecule has 1 aliphatic rings. The van der Waals surface area contributed by atoms with Crippen LogP contribution in [0.3, 0.4) is 0 Å². The lowest BCUT2D eigenvalue weighted by atomic mass is 10.1. The molecule has 4 nitrogen and oxygen atoms in total. The third-order valence-electron chi connectivity index (χ3n) is 2.63. The van der Waals surface area contributed by atoms with E-state index in [1.54, 1.807) is 0 Å². The highest BCUT2D eigenvalue weighted by atomic mass is 32.2. The van der Waals surface area contributed by atoms with Crippen LogP contribution in [0, 0.1) is 11.8 Å². The average molecular weight is 249 g/mol. The van der Waals surface area contributed by atoms with Crippen LogP contribution in [0.4, 0.5) is 0 Å². The molecule has 96 valence electrons. The summed E-state index contributed by atoms with van der Waals surface area (Å²) in [5.74, 6) is 1.32. The molecule has 1 unspecified atom stereocenters. The van der Waals surface area contributed by atoms with Crippen LogP contribution in [0.15, 0.2) is 0 Å². The summed E-state index contributed by atoms with van der Waals surface area (Å²) in [7, 11) is -2.87. The Morgan fingerprint density at radius 3 is 2.75 bits per heavy atom. The van der Waals surface area contributed by atoms with Gasteiger partial charge in [0.1, 0.15) is 0 Å². The SMILES string of the molecule is CC(C)CS(=O)(=O)CCNCC1CCOC1. The van der Waals surface area contributed by atoms with Gasteiger partial charge in [-0.25, -0.2) is 8.42 Å². The van der Waals surface area contributed by atoms with Crippen molar-refractivity contribution in [1.29, 1.82) is 0 Å². The third-order valence-corrected chi connectivity index (χ3v) is 4.63. The quantitative estimate of drug-likeness (QED) is 0.674. The molecule has 1 heterocycles. The van der Waals surface area contributed by atoms with Crippen molar-refractivity contribution in [3.05, 3.63) is 0 Å². The maximum Gasteiger partial charge on any atom is 0.151 e. The standard InChI is InChI=1S/C11H23NO3S/c1-10(2)9-16(13,14)6-4-12-7-11-3-5-15-8-11/h10-12H,3-9H2,1-2H3. The molecule has 1 atom stereocenters. The van der Waals surface area contributed by atoms with Gasteiger partial charge in [0.05, 0.1) is 18.1 Å². The van der Waals surface area contributed by atoms with Crippen LogP contribution in [-0.2, 0) is 14.6 Å². The summed E-state index contributed by atoms with van der Waals surface area (Å²) in [6, 6.07) is 0. The molecule has 0 aliphatic carbocycles. The van der Waals surface area contributed by atoms with Crippen LogP contribution in [0.2, 0.25) is 0 Å². The summed E-state index contributed by atoms with van der Waals surface area (Å²) in [4.78, 5) is 0. The highest BCUT2D eigenvalue weighted by molar-refractivity contribution is 7.91. The van der Waals surface area contributed by atoms with Crippen molar-refractivity contribution in [3.63, 3.8) is 0 Å². The van der Waals surface area contributed by atoms with Gasteiger partial charge in [-0.1, -0.05) is 13.8 Å². The van der Waals surface area contributed by atoms with E-state index in [0.717, 1.165) is 26.2 Å². The first kappa shape index (κ1) is 13.9. The number of nitrogens with one attached hydrogen (secondary N) is 1. The predicted octanol–water partition coefficient (Wildman–Crippen LogP) is 0.683. The second kappa shape index (κ2) is 6.57. The van der Waals surface area contributed by atoms with E-state index in [-0.39, 0.29) is 11.7 Å². The number of hydrogen-bond donors (Lipinski definition) is 1. The largest absolute Gasteiger partial charge is 0.381 e. The van der Waals surface area contributed by atoms with Crippen LogP contribution >= 0.6 is 0 Å². The number of ether oxygens (including phenoxy) is 1. The minimum absolute atomic E-state index is 0.216. The van der Waals surface area contributed by atoms with Gasteiger partial charge in [0.2, 0.25) is 0 Å². The van der Waals surface area contributed by atoms with Gasteiger partial charge in [0, 0.05) is 19.7 Å². The highest BCUT2D eigenvalue weighted by Crippen LogP contribution is 2.10. The first-order valence-corrected chi connectivity index (χ1v) is 7.80. The smallest absolute Gasteiger partial charge is 0.151 e. The maximum absolute atomic E-state index is 11.6. The van der Waals surface area contributed by atoms with Crippen LogP contribution in [0.1, 0.15) is 20.3 Å². The molecule has 0 radical (unpaired) electrons. The number of rotatable bonds is 7. The van der Waals surface area contributed by atoms with Crippen LogP contribution in [-0.4, -0.2) is 46.2 Å². The lowest BCUT2D eigenvalue weighted by molar-refractivity contribution is 0.185. The van der Waals surface area contributed by atoms with E-state index in [2.05, 4.69) is 5.32 Å². The Bertz CT molecular complexity index is 282. The Hall–Kier alpha value is -0.130. The van der Waals surface area contributed by atoms with E-state index < -0.39 is 9.84 Å². The van der Waals surface area contributed by atoms with E-state index in [0.29, 0.717) is 18.2 Å². The lowest BCUT2D eigenvalue weighted by Gasteiger charge is -2.10. The molecule has 1 N–H and O–H groups in total. The van der Waals surface area contributed by atoms with Gasteiger partial charge in [-0.3, -0.25) is 0 Å². The van der Waals surface area contributed by atoms with Crippen molar-refractivity contribution in [1.82, 2.24) is 5.32 Å². The summed E-state index contributed by atoms with van der Waals surface area (Å²) in [5, 5.41) is 3.20. The topological polar surface area (TPSA) is 55.4 Å². The summed E-state index contributed by atoms with van der Waals surface area (Å²) >= 11 is 0.